The van der Waals surface area contributed by atoms with Gasteiger partial charge in [0.15, 0.2) is 0 Å². The summed E-state index contributed by atoms with van der Waals surface area (Å²) in [4.78, 5) is 10.7. The third kappa shape index (κ3) is 2.18. The van der Waals surface area contributed by atoms with Gasteiger partial charge in [-0.05, 0) is 12.5 Å². The molecule has 2 heteroatoms. The van der Waals surface area contributed by atoms with Gasteiger partial charge in [-0.3, -0.25) is 4.79 Å². The highest BCUT2D eigenvalue weighted by molar-refractivity contribution is 5.78. The first kappa shape index (κ1) is 9.52. The normalized spacial score (nSPS) is 12.1. The van der Waals surface area contributed by atoms with Crippen LogP contribution < -0.4 is 0 Å². The Balaban J connectivity index is 2.99. The summed E-state index contributed by atoms with van der Waals surface area (Å²) in [5, 5.41) is 8.82. The molecule has 0 amide bonds. The second-order valence-electron chi connectivity index (χ2n) is 2.96. The lowest BCUT2D eigenvalue weighted by atomic mass is 9.99. The SMILES string of the molecule is C=C[C@H](C(=O)O)c1ccc(C)cc1. The summed E-state index contributed by atoms with van der Waals surface area (Å²) in [6.45, 7) is 5.47. The Labute approximate surface area is 77.5 Å². The lowest BCUT2D eigenvalue weighted by molar-refractivity contribution is -0.137. The van der Waals surface area contributed by atoms with Crippen molar-refractivity contribution >= 4 is 5.97 Å². The molecule has 1 N–H and O–H groups in total. The zero-order chi connectivity index (χ0) is 9.84. The van der Waals surface area contributed by atoms with Gasteiger partial charge in [0.05, 0.1) is 5.92 Å². The number of carboxylic acids is 1. The first-order valence-electron chi connectivity index (χ1n) is 4.07. The monoisotopic (exact) mass is 176 g/mol. The Morgan fingerprint density at radius 1 is 1.46 bits per heavy atom. The molecular weight excluding hydrogens is 164 g/mol. The smallest absolute Gasteiger partial charge is 0.314 e. The van der Waals surface area contributed by atoms with E-state index >= 15 is 0 Å². The van der Waals surface area contributed by atoms with E-state index in [-0.39, 0.29) is 0 Å². The molecule has 0 saturated carbocycles. The highest BCUT2D eigenvalue weighted by Gasteiger charge is 2.14. The van der Waals surface area contributed by atoms with Crippen LogP contribution in [0.5, 0.6) is 0 Å². The molecule has 0 aliphatic rings. The third-order valence-electron chi connectivity index (χ3n) is 1.94. The van der Waals surface area contributed by atoms with E-state index in [1.54, 1.807) is 0 Å². The molecule has 0 spiro atoms. The molecule has 0 aromatic heterocycles. The number of rotatable bonds is 3. The van der Waals surface area contributed by atoms with Gasteiger partial charge in [-0.2, -0.15) is 0 Å². The maximum atomic E-state index is 10.7. The van der Waals surface area contributed by atoms with E-state index < -0.39 is 11.9 Å². The topological polar surface area (TPSA) is 37.3 Å². The van der Waals surface area contributed by atoms with Gasteiger partial charge in [0, 0.05) is 0 Å². The number of carboxylic acid groups (broad SMARTS) is 1. The van der Waals surface area contributed by atoms with Crippen LogP contribution in [0.1, 0.15) is 17.0 Å². The van der Waals surface area contributed by atoms with Crippen molar-refractivity contribution in [1.82, 2.24) is 0 Å². The summed E-state index contributed by atoms with van der Waals surface area (Å²) in [6, 6.07) is 7.43. The second-order valence-corrected chi connectivity index (χ2v) is 2.96. The van der Waals surface area contributed by atoms with Gasteiger partial charge in [0.2, 0.25) is 0 Å². The number of hydrogen-bond acceptors (Lipinski definition) is 1. The van der Waals surface area contributed by atoms with Crippen LogP contribution in [-0.2, 0) is 4.79 Å². The first-order valence-corrected chi connectivity index (χ1v) is 4.07. The Morgan fingerprint density at radius 3 is 2.38 bits per heavy atom. The molecule has 0 aliphatic heterocycles. The van der Waals surface area contributed by atoms with Crippen LogP contribution in [0, 0.1) is 6.92 Å². The van der Waals surface area contributed by atoms with Crippen molar-refractivity contribution in [2.45, 2.75) is 12.8 Å². The van der Waals surface area contributed by atoms with E-state index in [1.807, 2.05) is 31.2 Å². The molecule has 1 atom stereocenters. The first-order chi connectivity index (χ1) is 6.15. The molecule has 0 heterocycles. The molecule has 1 rings (SSSR count). The minimum Gasteiger partial charge on any atom is -0.481 e. The molecule has 0 saturated heterocycles. The fraction of sp³-hybridized carbons (Fsp3) is 0.182. The zero-order valence-corrected chi connectivity index (χ0v) is 7.53. The summed E-state index contributed by atoms with van der Waals surface area (Å²) in [6.07, 6.45) is 1.44. The molecule has 68 valence electrons. The van der Waals surface area contributed by atoms with Gasteiger partial charge in [-0.1, -0.05) is 35.9 Å². The van der Waals surface area contributed by atoms with E-state index in [9.17, 15) is 4.79 Å². The lowest BCUT2D eigenvalue weighted by Gasteiger charge is -2.06. The highest BCUT2D eigenvalue weighted by Crippen LogP contribution is 2.17. The standard InChI is InChI=1S/C11H12O2/c1-3-10(11(12)13)9-6-4-8(2)5-7-9/h3-7,10H,1H2,2H3,(H,12,13)/t10-/m0/s1. The van der Waals surface area contributed by atoms with Gasteiger partial charge in [-0.25, -0.2) is 0 Å². The molecule has 0 radical (unpaired) electrons. The Hall–Kier alpha value is -1.57. The van der Waals surface area contributed by atoms with Crippen molar-refractivity contribution in [3.8, 4) is 0 Å². The molecule has 13 heavy (non-hydrogen) atoms. The molecule has 0 aliphatic carbocycles. The number of carbonyl (C=O) groups is 1. The minimum atomic E-state index is -0.862. The van der Waals surface area contributed by atoms with Crippen molar-refractivity contribution in [2.75, 3.05) is 0 Å². The van der Waals surface area contributed by atoms with Gasteiger partial charge in [0.1, 0.15) is 0 Å². The summed E-state index contributed by atoms with van der Waals surface area (Å²) in [5.74, 6) is -1.46. The van der Waals surface area contributed by atoms with Crippen LogP contribution in [0.25, 0.3) is 0 Å². The van der Waals surface area contributed by atoms with E-state index in [4.69, 9.17) is 5.11 Å². The van der Waals surface area contributed by atoms with Crippen molar-refractivity contribution in [3.63, 3.8) is 0 Å². The Bertz CT molecular complexity index is 311. The Morgan fingerprint density at radius 2 is 2.00 bits per heavy atom. The van der Waals surface area contributed by atoms with Gasteiger partial charge >= 0.3 is 5.97 Å². The number of benzene rings is 1. The highest BCUT2D eigenvalue weighted by atomic mass is 16.4. The van der Waals surface area contributed by atoms with Crippen LogP contribution in [0.15, 0.2) is 36.9 Å². The second kappa shape index (κ2) is 3.90. The van der Waals surface area contributed by atoms with Crippen LogP contribution in [0.3, 0.4) is 0 Å². The largest absolute Gasteiger partial charge is 0.481 e. The van der Waals surface area contributed by atoms with Crippen LogP contribution in [0.4, 0.5) is 0 Å². The van der Waals surface area contributed by atoms with Crippen LogP contribution in [-0.4, -0.2) is 11.1 Å². The lowest BCUT2D eigenvalue weighted by Crippen LogP contribution is -2.08. The molecule has 1 aromatic rings. The quantitative estimate of drug-likeness (QED) is 0.718. The van der Waals surface area contributed by atoms with Crippen molar-refractivity contribution in [1.29, 1.82) is 0 Å². The fourth-order valence-electron chi connectivity index (χ4n) is 1.15. The molecule has 0 unspecified atom stereocenters. The molecule has 1 aromatic carbocycles. The predicted molar refractivity (Wildman–Crippen MR) is 51.8 cm³/mol. The van der Waals surface area contributed by atoms with Crippen molar-refractivity contribution < 1.29 is 9.90 Å². The van der Waals surface area contributed by atoms with E-state index in [2.05, 4.69) is 6.58 Å². The van der Waals surface area contributed by atoms with Crippen LogP contribution >= 0.6 is 0 Å². The third-order valence-corrected chi connectivity index (χ3v) is 1.94. The van der Waals surface area contributed by atoms with E-state index in [1.165, 1.54) is 6.08 Å². The predicted octanol–water partition coefficient (Wildman–Crippen LogP) is 2.35. The van der Waals surface area contributed by atoms with Crippen LogP contribution in [0.2, 0.25) is 0 Å². The summed E-state index contributed by atoms with van der Waals surface area (Å²) < 4.78 is 0. The van der Waals surface area contributed by atoms with Crippen molar-refractivity contribution in [3.05, 3.63) is 48.0 Å². The van der Waals surface area contributed by atoms with Gasteiger partial charge in [-0.15, -0.1) is 6.58 Å². The fourth-order valence-corrected chi connectivity index (χ4v) is 1.15. The maximum absolute atomic E-state index is 10.7. The summed E-state index contributed by atoms with van der Waals surface area (Å²) >= 11 is 0. The molecule has 0 fully saturated rings. The van der Waals surface area contributed by atoms with E-state index in [0.717, 1.165) is 11.1 Å². The maximum Gasteiger partial charge on any atom is 0.314 e. The zero-order valence-electron chi connectivity index (χ0n) is 7.53. The number of aliphatic carboxylic acids is 1. The van der Waals surface area contributed by atoms with Gasteiger partial charge in [0.25, 0.3) is 0 Å². The van der Waals surface area contributed by atoms with Gasteiger partial charge < -0.3 is 5.11 Å². The molecule has 2 nitrogen and oxygen atoms in total. The molecular formula is C11H12O2. The minimum absolute atomic E-state index is 0.597. The summed E-state index contributed by atoms with van der Waals surface area (Å²) in [5.41, 5.74) is 1.89. The number of aryl methyl sites for hydroxylation is 1. The summed E-state index contributed by atoms with van der Waals surface area (Å²) in [7, 11) is 0. The Kier molecular flexibility index (Phi) is 2.85. The van der Waals surface area contributed by atoms with Crippen molar-refractivity contribution in [2.24, 2.45) is 0 Å². The number of hydrogen-bond donors (Lipinski definition) is 1. The van der Waals surface area contributed by atoms with E-state index in [0.29, 0.717) is 0 Å². The molecule has 0 bridgehead atoms. The average molecular weight is 176 g/mol. The average Bonchev–Trinajstić information content (AvgIpc) is 2.09.